The van der Waals surface area contributed by atoms with Gasteiger partial charge < -0.3 is 11.1 Å². The Bertz CT molecular complexity index is 655. The first-order valence-electron chi connectivity index (χ1n) is 6.75. The fraction of sp³-hybridized carbons (Fsp3) is 0.250. The van der Waals surface area contributed by atoms with Crippen LogP contribution in [0.5, 0.6) is 0 Å². The SMILES string of the molecule is CCC(C(=O)Nc1ncc(C#CCN)s1)c1ccccc1. The van der Waals surface area contributed by atoms with E-state index < -0.39 is 0 Å². The third kappa shape index (κ3) is 4.15. The molecule has 1 heterocycles. The van der Waals surface area contributed by atoms with Crippen LogP contribution in [0.25, 0.3) is 0 Å². The van der Waals surface area contributed by atoms with Gasteiger partial charge in [0.2, 0.25) is 5.91 Å². The fourth-order valence-electron chi connectivity index (χ4n) is 1.98. The van der Waals surface area contributed by atoms with Crippen molar-refractivity contribution in [1.29, 1.82) is 0 Å². The summed E-state index contributed by atoms with van der Waals surface area (Å²) < 4.78 is 0. The summed E-state index contributed by atoms with van der Waals surface area (Å²) in [7, 11) is 0. The number of hydrogen-bond donors (Lipinski definition) is 2. The predicted molar refractivity (Wildman–Crippen MR) is 86.2 cm³/mol. The molecular weight excluding hydrogens is 282 g/mol. The molecule has 0 spiro atoms. The van der Waals surface area contributed by atoms with Crippen molar-refractivity contribution in [1.82, 2.24) is 4.98 Å². The highest BCUT2D eigenvalue weighted by Gasteiger charge is 2.19. The van der Waals surface area contributed by atoms with Crippen molar-refractivity contribution < 1.29 is 4.79 Å². The van der Waals surface area contributed by atoms with Crippen molar-refractivity contribution >= 4 is 22.4 Å². The van der Waals surface area contributed by atoms with E-state index in [1.54, 1.807) is 6.20 Å². The monoisotopic (exact) mass is 299 g/mol. The van der Waals surface area contributed by atoms with E-state index in [2.05, 4.69) is 22.1 Å². The standard InChI is InChI=1S/C16H17N3OS/c1-2-14(12-7-4-3-5-8-12)15(20)19-16-18-11-13(21-16)9-6-10-17/h3-5,7-8,11,14H,2,10,17H2,1H3,(H,18,19,20). The number of carbonyl (C=O) groups is 1. The van der Waals surface area contributed by atoms with Crippen LogP contribution in [-0.4, -0.2) is 17.4 Å². The van der Waals surface area contributed by atoms with Gasteiger partial charge in [0.05, 0.1) is 23.5 Å². The summed E-state index contributed by atoms with van der Waals surface area (Å²) >= 11 is 1.35. The zero-order valence-corrected chi connectivity index (χ0v) is 12.6. The topological polar surface area (TPSA) is 68.0 Å². The number of amides is 1. The average Bonchev–Trinajstić information content (AvgIpc) is 2.94. The van der Waals surface area contributed by atoms with Gasteiger partial charge in [-0.2, -0.15) is 0 Å². The van der Waals surface area contributed by atoms with Gasteiger partial charge in [0.1, 0.15) is 0 Å². The summed E-state index contributed by atoms with van der Waals surface area (Å²) in [5.74, 6) is 5.45. The Morgan fingerprint density at radius 1 is 1.43 bits per heavy atom. The van der Waals surface area contributed by atoms with Gasteiger partial charge in [0.15, 0.2) is 5.13 Å². The summed E-state index contributed by atoms with van der Waals surface area (Å²) in [5, 5.41) is 3.42. The van der Waals surface area contributed by atoms with E-state index in [0.717, 1.165) is 16.9 Å². The largest absolute Gasteiger partial charge is 0.320 e. The molecule has 1 aromatic carbocycles. The fourth-order valence-corrected chi connectivity index (χ4v) is 2.67. The first kappa shape index (κ1) is 15.2. The van der Waals surface area contributed by atoms with Gasteiger partial charge in [-0.1, -0.05) is 60.4 Å². The van der Waals surface area contributed by atoms with Crippen LogP contribution in [0.3, 0.4) is 0 Å². The average molecular weight is 299 g/mol. The van der Waals surface area contributed by atoms with Gasteiger partial charge in [0.25, 0.3) is 0 Å². The zero-order valence-electron chi connectivity index (χ0n) is 11.8. The Labute approximate surface area is 128 Å². The molecule has 2 aromatic rings. The lowest BCUT2D eigenvalue weighted by molar-refractivity contribution is -0.117. The minimum Gasteiger partial charge on any atom is -0.320 e. The third-order valence-corrected chi connectivity index (χ3v) is 3.80. The highest BCUT2D eigenvalue weighted by atomic mass is 32.1. The van der Waals surface area contributed by atoms with Gasteiger partial charge in [0, 0.05) is 0 Å². The van der Waals surface area contributed by atoms with Crippen molar-refractivity contribution in [2.24, 2.45) is 5.73 Å². The molecule has 0 bridgehead atoms. The molecular formula is C16H17N3OS. The lowest BCUT2D eigenvalue weighted by atomic mass is 9.96. The molecule has 0 radical (unpaired) electrons. The molecule has 1 aromatic heterocycles. The number of aromatic nitrogens is 1. The van der Waals surface area contributed by atoms with E-state index in [0.29, 0.717) is 11.7 Å². The van der Waals surface area contributed by atoms with Crippen LogP contribution in [0, 0.1) is 11.8 Å². The molecule has 108 valence electrons. The number of carbonyl (C=O) groups excluding carboxylic acids is 1. The third-order valence-electron chi connectivity index (χ3n) is 2.98. The van der Waals surface area contributed by atoms with E-state index in [4.69, 9.17) is 5.73 Å². The number of thiazole rings is 1. The van der Waals surface area contributed by atoms with E-state index in [1.807, 2.05) is 37.3 Å². The van der Waals surface area contributed by atoms with Crippen molar-refractivity contribution in [3.63, 3.8) is 0 Å². The zero-order chi connectivity index (χ0) is 15.1. The van der Waals surface area contributed by atoms with Crippen LogP contribution in [0.1, 0.15) is 29.7 Å². The number of anilines is 1. The molecule has 4 nitrogen and oxygen atoms in total. The Hall–Kier alpha value is -2.16. The number of benzene rings is 1. The molecule has 0 saturated heterocycles. The highest BCUT2D eigenvalue weighted by molar-refractivity contribution is 7.16. The van der Waals surface area contributed by atoms with Crippen LogP contribution in [0.15, 0.2) is 36.5 Å². The van der Waals surface area contributed by atoms with Crippen molar-refractivity contribution in [3.8, 4) is 11.8 Å². The van der Waals surface area contributed by atoms with Gasteiger partial charge >= 0.3 is 0 Å². The molecule has 1 unspecified atom stereocenters. The molecule has 1 atom stereocenters. The molecule has 0 aliphatic carbocycles. The van der Waals surface area contributed by atoms with Crippen molar-refractivity contribution in [2.75, 3.05) is 11.9 Å². The molecule has 1 amide bonds. The van der Waals surface area contributed by atoms with Crippen LogP contribution in [0.2, 0.25) is 0 Å². The Morgan fingerprint density at radius 2 is 2.19 bits per heavy atom. The summed E-state index contributed by atoms with van der Waals surface area (Å²) in [6.07, 6.45) is 2.38. The maximum atomic E-state index is 12.4. The first-order valence-corrected chi connectivity index (χ1v) is 7.56. The second kappa shape index (κ2) is 7.58. The van der Waals surface area contributed by atoms with Crippen LogP contribution >= 0.6 is 11.3 Å². The molecule has 0 aliphatic rings. The van der Waals surface area contributed by atoms with Crippen LogP contribution < -0.4 is 11.1 Å². The minimum absolute atomic E-state index is 0.0450. The molecule has 0 saturated carbocycles. The Morgan fingerprint density at radius 3 is 2.86 bits per heavy atom. The first-order chi connectivity index (χ1) is 10.2. The second-order valence-corrected chi connectivity index (χ2v) is 5.43. The molecule has 3 N–H and O–H groups in total. The maximum Gasteiger partial charge on any atom is 0.233 e. The Kier molecular flexibility index (Phi) is 5.50. The van der Waals surface area contributed by atoms with Gasteiger partial charge in [-0.25, -0.2) is 4.98 Å². The molecule has 0 aliphatic heterocycles. The van der Waals surface area contributed by atoms with E-state index in [-0.39, 0.29) is 11.8 Å². The number of nitrogens with one attached hydrogen (secondary N) is 1. The molecule has 5 heteroatoms. The number of nitrogens with two attached hydrogens (primary N) is 1. The summed E-state index contributed by atoms with van der Waals surface area (Å²) in [4.78, 5) is 17.3. The summed E-state index contributed by atoms with van der Waals surface area (Å²) in [6.45, 7) is 2.31. The van der Waals surface area contributed by atoms with Gasteiger partial charge in [-0.15, -0.1) is 0 Å². The lowest BCUT2D eigenvalue weighted by Crippen LogP contribution is -2.20. The van der Waals surface area contributed by atoms with E-state index in [1.165, 1.54) is 11.3 Å². The minimum atomic E-state index is -0.173. The Balaban J connectivity index is 2.08. The molecule has 21 heavy (non-hydrogen) atoms. The number of hydrogen-bond acceptors (Lipinski definition) is 4. The summed E-state index contributed by atoms with van der Waals surface area (Å²) in [5.41, 5.74) is 6.34. The molecule has 0 fully saturated rings. The highest BCUT2D eigenvalue weighted by Crippen LogP contribution is 2.23. The van der Waals surface area contributed by atoms with E-state index in [9.17, 15) is 4.79 Å². The summed E-state index contributed by atoms with van der Waals surface area (Å²) in [6, 6.07) is 9.75. The quantitative estimate of drug-likeness (QED) is 0.853. The normalized spacial score (nSPS) is 11.3. The van der Waals surface area contributed by atoms with Crippen LogP contribution in [-0.2, 0) is 4.79 Å². The second-order valence-electron chi connectivity index (χ2n) is 4.40. The van der Waals surface area contributed by atoms with Gasteiger partial charge in [-0.3, -0.25) is 4.79 Å². The van der Waals surface area contributed by atoms with Gasteiger partial charge in [-0.05, 0) is 12.0 Å². The van der Waals surface area contributed by atoms with Crippen molar-refractivity contribution in [2.45, 2.75) is 19.3 Å². The lowest BCUT2D eigenvalue weighted by Gasteiger charge is -2.13. The maximum absolute atomic E-state index is 12.4. The molecule has 2 rings (SSSR count). The van der Waals surface area contributed by atoms with E-state index >= 15 is 0 Å². The van der Waals surface area contributed by atoms with Crippen molar-refractivity contribution in [3.05, 3.63) is 47.0 Å². The predicted octanol–water partition coefficient (Wildman–Crippen LogP) is 2.59. The number of nitrogens with zero attached hydrogens (tertiary/aromatic N) is 1. The smallest absolute Gasteiger partial charge is 0.233 e. The van der Waals surface area contributed by atoms with Crippen LogP contribution in [0.4, 0.5) is 5.13 Å². The number of rotatable bonds is 4.